The first-order valence-corrected chi connectivity index (χ1v) is 7.65. The fourth-order valence-electron chi connectivity index (χ4n) is 2.49. The van der Waals surface area contributed by atoms with E-state index in [0.29, 0.717) is 17.9 Å². The molecule has 3 rings (SSSR count). The molecule has 1 aromatic carbocycles. The monoisotopic (exact) mass is 328 g/mol. The van der Waals surface area contributed by atoms with E-state index in [-0.39, 0.29) is 5.82 Å². The standard InChI is InChI=1S/C9H7N.C8H13N3O3/c1-2-6-9-8(4-1)5-3-7-10-9;1-4-7-8(11(13)14)10(6(3)12)5(2)9-7/h1-7H;6,12H,4H2,1-3H3. The zero-order chi connectivity index (χ0) is 17.7. The zero-order valence-electron chi connectivity index (χ0n) is 13.9. The van der Waals surface area contributed by atoms with Crippen molar-refractivity contribution < 1.29 is 10.0 Å². The first kappa shape index (κ1) is 17.6. The van der Waals surface area contributed by atoms with Crippen LogP contribution in [-0.4, -0.2) is 24.6 Å². The first-order chi connectivity index (χ1) is 11.5. The van der Waals surface area contributed by atoms with Crippen molar-refractivity contribution in [2.75, 3.05) is 0 Å². The molecule has 0 spiro atoms. The Morgan fingerprint density at radius 1 is 1.29 bits per heavy atom. The number of imidazole rings is 1. The molecule has 0 saturated heterocycles. The maximum Gasteiger partial charge on any atom is 0.348 e. The highest BCUT2D eigenvalue weighted by Gasteiger charge is 2.26. The number of fused-ring (bicyclic) bond motifs is 1. The highest BCUT2D eigenvalue weighted by atomic mass is 16.6. The van der Waals surface area contributed by atoms with Crippen molar-refractivity contribution >= 4 is 16.7 Å². The summed E-state index contributed by atoms with van der Waals surface area (Å²) in [5.74, 6) is 0.351. The van der Waals surface area contributed by atoms with Crippen LogP contribution < -0.4 is 0 Å². The van der Waals surface area contributed by atoms with Crippen LogP contribution in [0, 0.1) is 17.0 Å². The fourth-order valence-corrected chi connectivity index (χ4v) is 2.49. The number of pyridine rings is 1. The Morgan fingerprint density at radius 3 is 2.54 bits per heavy atom. The molecule has 3 aromatic rings. The fraction of sp³-hybridized carbons (Fsp3) is 0.294. The topological polar surface area (TPSA) is 94.1 Å². The molecule has 0 bridgehead atoms. The number of nitro groups is 1. The highest BCUT2D eigenvalue weighted by Crippen LogP contribution is 2.24. The summed E-state index contributed by atoms with van der Waals surface area (Å²) in [6.07, 6.45) is 1.36. The minimum Gasteiger partial charge on any atom is -0.358 e. The van der Waals surface area contributed by atoms with Crippen LogP contribution in [0.2, 0.25) is 0 Å². The summed E-state index contributed by atoms with van der Waals surface area (Å²) in [4.78, 5) is 18.5. The number of aliphatic hydroxyl groups is 1. The van der Waals surface area contributed by atoms with Crippen molar-refractivity contribution in [3.8, 4) is 0 Å². The van der Waals surface area contributed by atoms with Crippen LogP contribution in [0.15, 0.2) is 42.6 Å². The largest absolute Gasteiger partial charge is 0.358 e. The second-order valence-electron chi connectivity index (χ2n) is 5.24. The Labute approximate surface area is 139 Å². The number of hydrogen-bond donors (Lipinski definition) is 1. The molecule has 126 valence electrons. The maximum absolute atomic E-state index is 10.8. The minimum atomic E-state index is -0.928. The summed E-state index contributed by atoms with van der Waals surface area (Å²) in [6.45, 7) is 4.90. The molecule has 0 amide bonds. The zero-order valence-corrected chi connectivity index (χ0v) is 13.9. The van der Waals surface area contributed by atoms with E-state index in [2.05, 4.69) is 22.1 Å². The number of aliphatic hydroxyl groups excluding tert-OH is 1. The van der Waals surface area contributed by atoms with Gasteiger partial charge in [-0.3, -0.25) is 4.98 Å². The number of rotatable bonds is 3. The van der Waals surface area contributed by atoms with Gasteiger partial charge < -0.3 is 15.2 Å². The lowest BCUT2D eigenvalue weighted by Gasteiger charge is -2.04. The Bertz CT molecular complexity index is 777. The Hall–Kier alpha value is -2.80. The van der Waals surface area contributed by atoms with Crippen LogP contribution >= 0.6 is 0 Å². The molecular weight excluding hydrogens is 308 g/mol. The van der Waals surface area contributed by atoms with E-state index < -0.39 is 11.2 Å². The van der Waals surface area contributed by atoms with E-state index in [9.17, 15) is 15.2 Å². The smallest absolute Gasteiger partial charge is 0.348 e. The molecule has 1 atom stereocenters. The van der Waals surface area contributed by atoms with Crippen molar-refractivity contribution in [3.63, 3.8) is 0 Å². The van der Waals surface area contributed by atoms with Gasteiger partial charge in [-0.15, -0.1) is 0 Å². The SMILES string of the molecule is CCc1nc(C)n(C(C)O)c1[N+](=O)[O-].c1ccc2ncccc2c1. The number of aryl methyl sites for hydroxylation is 2. The van der Waals surface area contributed by atoms with Gasteiger partial charge in [0.05, 0.1) is 5.52 Å². The molecule has 24 heavy (non-hydrogen) atoms. The quantitative estimate of drug-likeness (QED) is 0.587. The van der Waals surface area contributed by atoms with Crippen molar-refractivity contribution in [1.29, 1.82) is 0 Å². The Kier molecular flexibility index (Phi) is 5.59. The Morgan fingerprint density at radius 2 is 1.96 bits per heavy atom. The van der Waals surface area contributed by atoms with E-state index in [1.54, 1.807) is 13.8 Å². The lowest BCUT2D eigenvalue weighted by molar-refractivity contribution is -0.394. The first-order valence-electron chi connectivity index (χ1n) is 7.65. The van der Waals surface area contributed by atoms with Gasteiger partial charge in [0.25, 0.3) is 0 Å². The van der Waals surface area contributed by atoms with E-state index in [0.717, 1.165) is 5.52 Å². The van der Waals surface area contributed by atoms with Gasteiger partial charge in [0.15, 0.2) is 12.1 Å². The average molecular weight is 328 g/mol. The van der Waals surface area contributed by atoms with Gasteiger partial charge in [0, 0.05) is 25.4 Å². The van der Waals surface area contributed by atoms with Crippen LogP contribution in [0.25, 0.3) is 10.9 Å². The van der Waals surface area contributed by atoms with Crippen molar-refractivity contribution in [3.05, 3.63) is 64.2 Å². The summed E-state index contributed by atoms with van der Waals surface area (Å²) >= 11 is 0. The maximum atomic E-state index is 10.8. The summed E-state index contributed by atoms with van der Waals surface area (Å²) in [7, 11) is 0. The van der Waals surface area contributed by atoms with Crippen LogP contribution in [0.4, 0.5) is 5.82 Å². The molecule has 7 nitrogen and oxygen atoms in total. The van der Waals surface area contributed by atoms with Crippen LogP contribution in [-0.2, 0) is 6.42 Å². The molecule has 1 N–H and O–H groups in total. The predicted octanol–water partition coefficient (Wildman–Crippen LogP) is 3.41. The number of para-hydroxylation sites is 1. The molecule has 0 saturated carbocycles. The predicted molar refractivity (Wildman–Crippen MR) is 91.7 cm³/mol. The summed E-state index contributed by atoms with van der Waals surface area (Å²) in [5.41, 5.74) is 1.47. The van der Waals surface area contributed by atoms with Crippen LogP contribution in [0.1, 0.15) is 31.6 Å². The van der Waals surface area contributed by atoms with E-state index >= 15 is 0 Å². The molecular formula is C17H20N4O3. The summed E-state index contributed by atoms with van der Waals surface area (Å²) in [6, 6.07) is 12.1. The lowest BCUT2D eigenvalue weighted by Crippen LogP contribution is -2.09. The van der Waals surface area contributed by atoms with Crippen LogP contribution in [0.5, 0.6) is 0 Å². The minimum absolute atomic E-state index is 0.111. The van der Waals surface area contributed by atoms with Crippen molar-refractivity contribution in [2.24, 2.45) is 0 Å². The number of benzene rings is 1. The van der Waals surface area contributed by atoms with Gasteiger partial charge in [-0.05, 0) is 23.5 Å². The van der Waals surface area contributed by atoms with Crippen LogP contribution in [0.3, 0.4) is 0 Å². The van der Waals surface area contributed by atoms with Gasteiger partial charge in [0.1, 0.15) is 5.69 Å². The summed E-state index contributed by atoms with van der Waals surface area (Å²) < 4.78 is 1.22. The molecule has 7 heteroatoms. The van der Waals surface area contributed by atoms with Crippen molar-refractivity contribution in [2.45, 2.75) is 33.4 Å². The van der Waals surface area contributed by atoms with E-state index in [4.69, 9.17) is 0 Å². The van der Waals surface area contributed by atoms with E-state index in [1.165, 1.54) is 16.9 Å². The molecule has 1 unspecified atom stereocenters. The molecule has 0 aliphatic rings. The second-order valence-corrected chi connectivity index (χ2v) is 5.24. The Balaban J connectivity index is 0.000000182. The normalized spacial score (nSPS) is 11.7. The number of hydrogen-bond acceptors (Lipinski definition) is 5. The third-order valence-electron chi connectivity index (χ3n) is 3.53. The average Bonchev–Trinajstić information content (AvgIpc) is 2.92. The second kappa shape index (κ2) is 7.65. The molecule has 0 aliphatic heterocycles. The third-order valence-corrected chi connectivity index (χ3v) is 3.53. The molecule has 0 aliphatic carbocycles. The van der Waals surface area contributed by atoms with Gasteiger partial charge in [0.2, 0.25) is 0 Å². The molecule has 2 heterocycles. The highest BCUT2D eigenvalue weighted by molar-refractivity contribution is 5.77. The molecule has 2 aromatic heterocycles. The summed E-state index contributed by atoms with van der Waals surface area (Å²) in [5, 5.41) is 21.3. The van der Waals surface area contributed by atoms with Gasteiger partial charge >= 0.3 is 5.82 Å². The number of nitrogens with zero attached hydrogens (tertiary/aromatic N) is 4. The van der Waals surface area contributed by atoms with Gasteiger partial charge in [-0.2, -0.15) is 4.57 Å². The van der Waals surface area contributed by atoms with Gasteiger partial charge in [-0.1, -0.05) is 31.2 Å². The number of aromatic nitrogens is 3. The van der Waals surface area contributed by atoms with E-state index in [1.807, 2.05) is 30.5 Å². The van der Waals surface area contributed by atoms with Gasteiger partial charge in [-0.25, -0.2) is 4.98 Å². The lowest BCUT2D eigenvalue weighted by atomic mass is 10.2. The third kappa shape index (κ3) is 3.75. The van der Waals surface area contributed by atoms with Crippen molar-refractivity contribution in [1.82, 2.24) is 14.5 Å². The molecule has 0 fully saturated rings. The molecule has 0 radical (unpaired) electrons.